The van der Waals surface area contributed by atoms with Crippen molar-refractivity contribution in [2.45, 2.75) is 26.3 Å². The van der Waals surface area contributed by atoms with E-state index in [2.05, 4.69) is 13.8 Å². The number of thiophene rings is 1. The zero-order chi connectivity index (χ0) is 12.3. The molecular formula is C13H21N2OS+. The number of hydrogen-bond donors (Lipinski definition) is 1. The maximum Gasteiger partial charge on any atom is 0.264 e. The summed E-state index contributed by atoms with van der Waals surface area (Å²) in [6.45, 7) is 8.51. The summed E-state index contributed by atoms with van der Waals surface area (Å²) in [5.41, 5.74) is 0. The van der Waals surface area contributed by atoms with E-state index in [0.29, 0.717) is 6.04 Å². The van der Waals surface area contributed by atoms with Crippen LogP contribution in [0.1, 0.15) is 29.9 Å². The Labute approximate surface area is 107 Å². The van der Waals surface area contributed by atoms with Crippen LogP contribution in [-0.2, 0) is 0 Å². The van der Waals surface area contributed by atoms with Crippen molar-refractivity contribution in [3.8, 4) is 0 Å². The number of nitrogens with one attached hydrogen (secondary N) is 1. The molecule has 1 saturated heterocycles. The van der Waals surface area contributed by atoms with Crippen LogP contribution in [-0.4, -0.2) is 43.0 Å². The summed E-state index contributed by atoms with van der Waals surface area (Å²) in [5, 5.41) is 1.97. The second-order valence-corrected chi connectivity index (χ2v) is 5.68. The molecular weight excluding hydrogens is 232 g/mol. The van der Waals surface area contributed by atoms with Gasteiger partial charge in [0, 0.05) is 0 Å². The van der Waals surface area contributed by atoms with Crippen LogP contribution in [0.2, 0.25) is 0 Å². The highest BCUT2D eigenvalue weighted by molar-refractivity contribution is 7.12. The van der Waals surface area contributed by atoms with Gasteiger partial charge in [-0.1, -0.05) is 13.0 Å². The van der Waals surface area contributed by atoms with Crippen molar-refractivity contribution in [3.05, 3.63) is 22.4 Å². The van der Waals surface area contributed by atoms with Gasteiger partial charge in [0.05, 0.1) is 37.1 Å². The Kier molecular flexibility index (Phi) is 4.18. The van der Waals surface area contributed by atoms with E-state index in [9.17, 15) is 4.79 Å². The summed E-state index contributed by atoms with van der Waals surface area (Å²) in [5.74, 6) is 0.211. The fourth-order valence-corrected chi connectivity index (χ4v) is 3.03. The number of amides is 1. The lowest BCUT2D eigenvalue weighted by Crippen LogP contribution is -3.17. The second kappa shape index (κ2) is 5.65. The van der Waals surface area contributed by atoms with Gasteiger partial charge in [0.25, 0.3) is 5.91 Å². The molecule has 2 heterocycles. The molecule has 1 aliphatic rings. The van der Waals surface area contributed by atoms with Crippen molar-refractivity contribution < 1.29 is 9.69 Å². The lowest BCUT2D eigenvalue weighted by atomic mass is 10.2. The molecule has 0 aliphatic carbocycles. The Balaban J connectivity index is 1.89. The van der Waals surface area contributed by atoms with Crippen molar-refractivity contribution in [1.82, 2.24) is 4.90 Å². The normalized spacial score (nSPS) is 19.3. The average Bonchev–Trinajstić information content (AvgIpc) is 2.91. The molecule has 2 rings (SSSR count). The van der Waals surface area contributed by atoms with Crippen LogP contribution >= 0.6 is 11.3 Å². The topological polar surface area (TPSA) is 24.8 Å². The van der Waals surface area contributed by atoms with E-state index in [-0.39, 0.29) is 5.91 Å². The van der Waals surface area contributed by atoms with E-state index in [1.165, 1.54) is 17.8 Å². The van der Waals surface area contributed by atoms with Gasteiger partial charge in [-0.15, -0.1) is 11.3 Å². The monoisotopic (exact) mass is 253 g/mol. The summed E-state index contributed by atoms with van der Waals surface area (Å²) in [4.78, 5) is 16.6. The Bertz CT molecular complexity index is 356. The molecule has 0 spiro atoms. The van der Waals surface area contributed by atoms with Crippen LogP contribution in [0.4, 0.5) is 0 Å². The van der Waals surface area contributed by atoms with E-state index in [4.69, 9.17) is 0 Å². The lowest BCUT2D eigenvalue weighted by molar-refractivity contribution is -0.927. The standard InChI is InChI=1S/C13H20N2OS/c1-3-11(2)14-6-8-15(9-7-14)13(16)12-5-4-10-17-12/h4-5,10-11H,3,6-9H2,1-2H3/p+1/t11-/m0/s1. The first-order valence-corrected chi connectivity index (χ1v) is 7.27. The number of piperazine rings is 1. The molecule has 0 saturated carbocycles. The molecule has 94 valence electrons. The van der Waals surface area contributed by atoms with Gasteiger partial charge in [0.2, 0.25) is 0 Å². The molecule has 1 amide bonds. The summed E-state index contributed by atoms with van der Waals surface area (Å²) < 4.78 is 0. The Morgan fingerprint density at radius 1 is 1.53 bits per heavy atom. The number of hydrogen-bond acceptors (Lipinski definition) is 2. The number of rotatable bonds is 3. The van der Waals surface area contributed by atoms with Crippen LogP contribution in [0.15, 0.2) is 17.5 Å². The van der Waals surface area contributed by atoms with Crippen molar-refractivity contribution in [2.75, 3.05) is 26.2 Å². The van der Waals surface area contributed by atoms with Crippen LogP contribution in [0, 0.1) is 0 Å². The Morgan fingerprint density at radius 2 is 2.24 bits per heavy atom. The molecule has 0 bridgehead atoms. The largest absolute Gasteiger partial charge is 0.330 e. The molecule has 1 N–H and O–H groups in total. The molecule has 1 aromatic heterocycles. The number of nitrogens with zero attached hydrogens (tertiary/aromatic N) is 1. The fraction of sp³-hybridized carbons (Fsp3) is 0.615. The van der Waals surface area contributed by atoms with Gasteiger partial charge in [-0.3, -0.25) is 4.79 Å². The maximum atomic E-state index is 12.1. The highest BCUT2D eigenvalue weighted by Crippen LogP contribution is 2.11. The Hall–Kier alpha value is -0.870. The predicted molar refractivity (Wildman–Crippen MR) is 70.7 cm³/mol. The van der Waals surface area contributed by atoms with E-state index >= 15 is 0 Å². The third kappa shape index (κ3) is 2.87. The molecule has 3 nitrogen and oxygen atoms in total. The molecule has 0 unspecified atom stereocenters. The van der Waals surface area contributed by atoms with Crippen molar-refractivity contribution in [3.63, 3.8) is 0 Å². The van der Waals surface area contributed by atoms with Crippen molar-refractivity contribution >= 4 is 17.2 Å². The van der Waals surface area contributed by atoms with Crippen LogP contribution in [0.25, 0.3) is 0 Å². The van der Waals surface area contributed by atoms with Gasteiger partial charge in [-0.25, -0.2) is 0 Å². The van der Waals surface area contributed by atoms with Gasteiger partial charge in [-0.2, -0.15) is 0 Å². The predicted octanol–water partition coefficient (Wildman–Crippen LogP) is 0.887. The van der Waals surface area contributed by atoms with Crippen LogP contribution in [0.5, 0.6) is 0 Å². The minimum Gasteiger partial charge on any atom is -0.330 e. The number of quaternary nitrogens is 1. The zero-order valence-corrected chi connectivity index (χ0v) is 11.4. The first-order valence-electron chi connectivity index (χ1n) is 6.39. The van der Waals surface area contributed by atoms with Crippen LogP contribution < -0.4 is 4.90 Å². The first-order chi connectivity index (χ1) is 8.22. The Morgan fingerprint density at radius 3 is 2.76 bits per heavy atom. The van der Waals surface area contributed by atoms with E-state index in [0.717, 1.165) is 31.1 Å². The SMILES string of the molecule is CC[C@H](C)[NH+]1CCN(C(=O)c2cccs2)CC1. The van der Waals surface area contributed by atoms with Gasteiger partial charge in [-0.05, 0) is 24.8 Å². The van der Waals surface area contributed by atoms with Crippen molar-refractivity contribution in [1.29, 1.82) is 0 Å². The van der Waals surface area contributed by atoms with E-state index in [1.54, 1.807) is 4.90 Å². The quantitative estimate of drug-likeness (QED) is 0.850. The van der Waals surface area contributed by atoms with E-state index in [1.807, 2.05) is 22.4 Å². The lowest BCUT2D eigenvalue weighted by Gasteiger charge is -2.35. The fourth-order valence-electron chi connectivity index (χ4n) is 2.33. The van der Waals surface area contributed by atoms with Gasteiger partial charge < -0.3 is 9.80 Å². The van der Waals surface area contributed by atoms with Gasteiger partial charge in [0.15, 0.2) is 0 Å². The summed E-state index contributed by atoms with van der Waals surface area (Å²) in [7, 11) is 0. The highest BCUT2D eigenvalue weighted by atomic mass is 32.1. The molecule has 0 aromatic carbocycles. The smallest absolute Gasteiger partial charge is 0.264 e. The molecule has 0 radical (unpaired) electrons. The second-order valence-electron chi connectivity index (χ2n) is 4.74. The minimum atomic E-state index is 0.211. The van der Waals surface area contributed by atoms with Crippen molar-refractivity contribution in [2.24, 2.45) is 0 Å². The van der Waals surface area contributed by atoms with Crippen LogP contribution in [0.3, 0.4) is 0 Å². The number of carbonyl (C=O) groups is 1. The molecule has 1 aliphatic heterocycles. The minimum absolute atomic E-state index is 0.211. The number of carbonyl (C=O) groups excluding carboxylic acids is 1. The summed E-state index contributed by atoms with van der Waals surface area (Å²) in [6.07, 6.45) is 1.22. The molecule has 1 aromatic rings. The molecule has 1 atom stereocenters. The van der Waals surface area contributed by atoms with Gasteiger partial charge in [0.1, 0.15) is 0 Å². The third-order valence-electron chi connectivity index (χ3n) is 3.73. The zero-order valence-electron chi connectivity index (χ0n) is 10.6. The third-order valence-corrected chi connectivity index (χ3v) is 4.59. The van der Waals surface area contributed by atoms with Gasteiger partial charge >= 0.3 is 0 Å². The summed E-state index contributed by atoms with van der Waals surface area (Å²) in [6, 6.07) is 4.58. The molecule has 17 heavy (non-hydrogen) atoms. The summed E-state index contributed by atoms with van der Waals surface area (Å²) >= 11 is 1.54. The van der Waals surface area contributed by atoms with E-state index < -0.39 is 0 Å². The molecule has 4 heteroatoms. The highest BCUT2D eigenvalue weighted by Gasteiger charge is 2.26. The average molecular weight is 253 g/mol. The maximum absolute atomic E-state index is 12.1. The first kappa shape index (κ1) is 12.6. The molecule has 1 fully saturated rings.